The standard InChI is InChI=1S/C19H24ClN5O4/c1-4-24(5-2)12-6-8-14(9-7-12)29-11-13(26)10-25-15-16(21-18(25)20)23(3)19(28)22-17(15)27/h6-9,13,26H,4-5,10-11H2,1-3H3,(H,22,27,28). The van der Waals surface area contributed by atoms with Crippen molar-refractivity contribution in [1.82, 2.24) is 19.1 Å². The van der Waals surface area contributed by atoms with E-state index >= 15 is 0 Å². The van der Waals surface area contributed by atoms with Gasteiger partial charge in [-0.2, -0.15) is 4.98 Å². The largest absolute Gasteiger partial charge is 0.491 e. The minimum absolute atomic E-state index is 0.00425. The van der Waals surface area contributed by atoms with Gasteiger partial charge in [-0.15, -0.1) is 0 Å². The van der Waals surface area contributed by atoms with E-state index in [4.69, 9.17) is 16.3 Å². The Morgan fingerprint density at radius 2 is 1.90 bits per heavy atom. The fraction of sp³-hybridized carbons (Fsp3) is 0.421. The summed E-state index contributed by atoms with van der Waals surface area (Å²) in [7, 11) is 1.48. The zero-order valence-electron chi connectivity index (χ0n) is 16.6. The van der Waals surface area contributed by atoms with Gasteiger partial charge in [0.1, 0.15) is 18.5 Å². The van der Waals surface area contributed by atoms with Gasteiger partial charge >= 0.3 is 5.69 Å². The number of halogens is 1. The normalized spacial score (nSPS) is 12.3. The van der Waals surface area contributed by atoms with Crippen LogP contribution in [0.4, 0.5) is 5.69 Å². The van der Waals surface area contributed by atoms with E-state index in [0.717, 1.165) is 18.8 Å². The van der Waals surface area contributed by atoms with Crippen molar-refractivity contribution in [1.29, 1.82) is 0 Å². The molecule has 1 atom stereocenters. The van der Waals surface area contributed by atoms with Crippen molar-refractivity contribution < 1.29 is 9.84 Å². The Kier molecular flexibility index (Phi) is 6.29. The predicted molar refractivity (Wildman–Crippen MR) is 112 cm³/mol. The van der Waals surface area contributed by atoms with Crippen LogP contribution in [0.25, 0.3) is 11.2 Å². The van der Waals surface area contributed by atoms with Crippen molar-refractivity contribution in [2.75, 3.05) is 24.6 Å². The number of ether oxygens (including phenoxy) is 1. The van der Waals surface area contributed by atoms with Crippen LogP contribution in [0.1, 0.15) is 13.8 Å². The second kappa shape index (κ2) is 8.71. The SMILES string of the molecule is CCN(CC)c1ccc(OCC(O)Cn2c(Cl)nc3c2c(=O)[nH]c(=O)n3C)cc1. The van der Waals surface area contributed by atoms with Crippen LogP contribution in [0.2, 0.25) is 5.28 Å². The van der Waals surface area contributed by atoms with E-state index in [9.17, 15) is 14.7 Å². The Morgan fingerprint density at radius 3 is 2.52 bits per heavy atom. The number of hydrogen-bond acceptors (Lipinski definition) is 6. The Bertz CT molecular complexity index is 1100. The zero-order chi connectivity index (χ0) is 21.1. The van der Waals surface area contributed by atoms with E-state index in [1.165, 1.54) is 16.2 Å². The quantitative estimate of drug-likeness (QED) is 0.532. The first kappa shape index (κ1) is 20.9. The fourth-order valence-electron chi connectivity index (χ4n) is 3.17. The van der Waals surface area contributed by atoms with Crippen LogP contribution in [-0.2, 0) is 13.6 Å². The molecule has 3 aromatic rings. The number of imidazole rings is 1. The van der Waals surface area contributed by atoms with Gasteiger partial charge in [0.05, 0.1) is 6.54 Å². The lowest BCUT2D eigenvalue weighted by Gasteiger charge is -2.21. The Labute approximate surface area is 172 Å². The minimum atomic E-state index is -0.941. The molecule has 3 rings (SSSR count). The number of anilines is 1. The molecule has 1 aromatic carbocycles. The third-order valence-corrected chi connectivity index (χ3v) is 5.05. The molecule has 0 fully saturated rings. The number of aromatic amines is 1. The molecule has 0 aliphatic heterocycles. The highest BCUT2D eigenvalue weighted by Crippen LogP contribution is 2.20. The van der Waals surface area contributed by atoms with Crippen LogP contribution in [0.5, 0.6) is 5.75 Å². The van der Waals surface area contributed by atoms with Gasteiger partial charge in [-0.05, 0) is 49.7 Å². The van der Waals surface area contributed by atoms with E-state index in [1.54, 1.807) is 0 Å². The maximum absolute atomic E-state index is 12.2. The highest BCUT2D eigenvalue weighted by Gasteiger charge is 2.18. The number of fused-ring (bicyclic) bond motifs is 1. The summed E-state index contributed by atoms with van der Waals surface area (Å²) < 4.78 is 8.22. The van der Waals surface area contributed by atoms with Crippen molar-refractivity contribution in [3.63, 3.8) is 0 Å². The van der Waals surface area contributed by atoms with E-state index < -0.39 is 17.4 Å². The number of benzene rings is 1. The van der Waals surface area contributed by atoms with Gasteiger partial charge in [0.2, 0.25) is 5.28 Å². The van der Waals surface area contributed by atoms with Gasteiger partial charge in [0.25, 0.3) is 5.56 Å². The summed E-state index contributed by atoms with van der Waals surface area (Å²) in [6, 6.07) is 7.63. The summed E-state index contributed by atoms with van der Waals surface area (Å²) in [4.78, 5) is 32.4. The topological polar surface area (TPSA) is 105 Å². The lowest BCUT2D eigenvalue weighted by atomic mass is 10.2. The lowest BCUT2D eigenvalue weighted by molar-refractivity contribution is 0.0934. The second-order valence-corrected chi connectivity index (χ2v) is 6.95. The molecule has 0 aliphatic rings. The molecule has 9 nitrogen and oxygen atoms in total. The molecule has 2 aromatic heterocycles. The molecule has 1 unspecified atom stereocenters. The van der Waals surface area contributed by atoms with Gasteiger partial charge in [-0.3, -0.25) is 14.3 Å². The lowest BCUT2D eigenvalue weighted by Crippen LogP contribution is -2.30. The van der Waals surface area contributed by atoms with Gasteiger partial charge in [0.15, 0.2) is 11.2 Å². The van der Waals surface area contributed by atoms with E-state index in [0.29, 0.717) is 5.75 Å². The van der Waals surface area contributed by atoms with Crippen molar-refractivity contribution >= 4 is 28.5 Å². The molecule has 10 heteroatoms. The summed E-state index contributed by atoms with van der Waals surface area (Å²) in [5, 5.41) is 10.4. The second-order valence-electron chi connectivity index (χ2n) is 6.61. The monoisotopic (exact) mass is 421 g/mol. The Balaban J connectivity index is 1.71. The van der Waals surface area contributed by atoms with Crippen LogP contribution >= 0.6 is 11.6 Å². The highest BCUT2D eigenvalue weighted by molar-refractivity contribution is 6.29. The molecule has 0 amide bonds. The summed E-state index contributed by atoms with van der Waals surface area (Å²) in [5.41, 5.74) is 0.191. The van der Waals surface area contributed by atoms with E-state index in [-0.39, 0.29) is 29.6 Å². The first-order valence-electron chi connectivity index (χ1n) is 9.36. The summed E-state index contributed by atoms with van der Waals surface area (Å²) in [6.07, 6.45) is -0.941. The summed E-state index contributed by atoms with van der Waals surface area (Å²) in [5.74, 6) is 0.627. The first-order valence-corrected chi connectivity index (χ1v) is 9.74. The number of nitrogens with zero attached hydrogens (tertiary/aromatic N) is 4. The molecule has 0 aliphatic carbocycles. The van der Waals surface area contributed by atoms with Crippen LogP contribution in [0.15, 0.2) is 33.9 Å². The molecule has 29 heavy (non-hydrogen) atoms. The van der Waals surface area contributed by atoms with Gasteiger partial charge in [0, 0.05) is 25.8 Å². The van der Waals surface area contributed by atoms with Crippen molar-refractivity contribution in [2.45, 2.75) is 26.5 Å². The van der Waals surface area contributed by atoms with Crippen molar-refractivity contribution in [3.05, 3.63) is 50.4 Å². The van der Waals surface area contributed by atoms with Crippen molar-refractivity contribution in [2.24, 2.45) is 7.05 Å². The van der Waals surface area contributed by atoms with E-state index in [1.807, 2.05) is 24.3 Å². The number of aliphatic hydroxyl groups is 1. The number of H-pyrrole nitrogens is 1. The zero-order valence-corrected chi connectivity index (χ0v) is 17.3. The minimum Gasteiger partial charge on any atom is -0.491 e. The maximum atomic E-state index is 12.2. The fourth-order valence-corrected chi connectivity index (χ4v) is 3.41. The first-order chi connectivity index (χ1) is 13.8. The van der Waals surface area contributed by atoms with Crippen LogP contribution in [0.3, 0.4) is 0 Å². The Hall–Kier alpha value is -2.78. The molecule has 0 spiro atoms. The number of aliphatic hydroxyl groups excluding tert-OH is 1. The summed E-state index contributed by atoms with van der Waals surface area (Å²) >= 11 is 6.13. The number of aromatic nitrogens is 4. The average molecular weight is 422 g/mol. The molecule has 156 valence electrons. The molecule has 2 heterocycles. The molecular formula is C19H24ClN5O4. The molecule has 0 radical (unpaired) electrons. The molecule has 0 bridgehead atoms. The molecular weight excluding hydrogens is 398 g/mol. The molecule has 0 saturated carbocycles. The van der Waals surface area contributed by atoms with Gasteiger partial charge in [-0.25, -0.2) is 4.79 Å². The number of rotatable bonds is 8. The molecule has 2 N–H and O–H groups in total. The van der Waals surface area contributed by atoms with Gasteiger partial charge < -0.3 is 19.3 Å². The van der Waals surface area contributed by atoms with E-state index in [2.05, 4.69) is 28.7 Å². The van der Waals surface area contributed by atoms with Crippen LogP contribution in [-0.4, -0.2) is 50.0 Å². The number of hydrogen-bond donors (Lipinski definition) is 2. The smallest absolute Gasteiger partial charge is 0.329 e. The molecule has 0 saturated heterocycles. The Morgan fingerprint density at radius 1 is 1.24 bits per heavy atom. The average Bonchev–Trinajstić information content (AvgIpc) is 3.03. The number of nitrogens with one attached hydrogen (secondary N) is 1. The highest BCUT2D eigenvalue weighted by atomic mass is 35.5. The number of aryl methyl sites for hydroxylation is 1. The third-order valence-electron chi connectivity index (χ3n) is 4.76. The van der Waals surface area contributed by atoms with Gasteiger partial charge in [-0.1, -0.05) is 0 Å². The van der Waals surface area contributed by atoms with Crippen molar-refractivity contribution in [3.8, 4) is 5.75 Å². The maximum Gasteiger partial charge on any atom is 0.329 e. The third kappa shape index (κ3) is 4.30. The van der Waals surface area contributed by atoms with Crippen LogP contribution in [0, 0.1) is 0 Å². The predicted octanol–water partition coefficient (Wildman–Crippen LogP) is 1.36. The summed E-state index contributed by atoms with van der Waals surface area (Å²) in [6.45, 7) is 6.02. The van der Waals surface area contributed by atoms with Crippen LogP contribution < -0.4 is 20.9 Å².